The number of anilines is 2. The smallest absolute Gasteiger partial charge is 0.257 e. The van der Waals surface area contributed by atoms with Gasteiger partial charge in [0.25, 0.3) is 5.91 Å². The molecule has 94 valence electrons. The maximum Gasteiger partial charge on any atom is 0.257 e. The normalized spacial score (nSPS) is 19.2. The molecular formula is C10H16N4OS2. The number of carbonyl (C=O) groups is 1. The lowest BCUT2D eigenvalue weighted by Gasteiger charge is -2.10. The summed E-state index contributed by atoms with van der Waals surface area (Å²) in [6, 6.07) is 0. The van der Waals surface area contributed by atoms with Crippen LogP contribution in [0.4, 0.5) is 10.8 Å². The lowest BCUT2D eigenvalue weighted by Crippen LogP contribution is -2.21. The van der Waals surface area contributed by atoms with Crippen molar-refractivity contribution in [1.29, 1.82) is 0 Å². The van der Waals surface area contributed by atoms with E-state index < -0.39 is 0 Å². The summed E-state index contributed by atoms with van der Waals surface area (Å²) in [5.74, 6) is 1.35. The molecule has 1 aromatic rings. The van der Waals surface area contributed by atoms with Crippen LogP contribution < -0.4 is 16.4 Å². The molecule has 1 aromatic heterocycles. The van der Waals surface area contributed by atoms with Crippen molar-refractivity contribution in [2.24, 2.45) is 0 Å². The third kappa shape index (κ3) is 2.84. The molecule has 1 aliphatic rings. The van der Waals surface area contributed by atoms with E-state index in [1.807, 2.05) is 11.8 Å². The molecular weight excluding hydrogens is 256 g/mol. The Balaban J connectivity index is 2.02. The maximum atomic E-state index is 11.6. The molecule has 1 saturated heterocycles. The van der Waals surface area contributed by atoms with Gasteiger partial charge < -0.3 is 16.4 Å². The van der Waals surface area contributed by atoms with Gasteiger partial charge in [0.05, 0.1) is 0 Å². The first-order valence-corrected chi connectivity index (χ1v) is 7.37. The van der Waals surface area contributed by atoms with Crippen molar-refractivity contribution in [3.63, 3.8) is 0 Å². The van der Waals surface area contributed by atoms with Gasteiger partial charge in [-0.1, -0.05) is 0 Å². The molecule has 2 heterocycles. The Morgan fingerprint density at radius 3 is 3.12 bits per heavy atom. The molecule has 0 spiro atoms. The SMILES string of the molecule is CNC(=O)c1c(N)nsc1NCC1CCCS1. The fourth-order valence-electron chi connectivity index (χ4n) is 1.78. The Morgan fingerprint density at radius 1 is 1.65 bits per heavy atom. The molecule has 0 aromatic carbocycles. The molecule has 2 rings (SSSR count). The number of hydrogen-bond acceptors (Lipinski definition) is 6. The second-order valence-electron chi connectivity index (χ2n) is 3.87. The van der Waals surface area contributed by atoms with Crippen molar-refractivity contribution in [2.75, 3.05) is 30.4 Å². The molecule has 0 aliphatic carbocycles. The van der Waals surface area contributed by atoms with E-state index in [-0.39, 0.29) is 5.91 Å². The zero-order valence-electron chi connectivity index (χ0n) is 9.66. The van der Waals surface area contributed by atoms with Gasteiger partial charge in [-0.05, 0) is 30.1 Å². The van der Waals surface area contributed by atoms with Crippen LogP contribution in [0.15, 0.2) is 0 Å². The summed E-state index contributed by atoms with van der Waals surface area (Å²) in [5, 5.41) is 7.27. The van der Waals surface area contributed by atoms with Crippen LogP contribution in [-0.4, -0.2) is 34.9 Å². The molecule has 1 amide bonds. The number of nitrogens with two attached hydrogens (primary N) is 1. The average Bonchev–Trinajstić information content (AvgIpc) is 2.95. The minimum atomic E-state index is -0.183. The van der Waals surface area contributed by atoms with Crippen LogP contribution in [0.1, 0.15) is 23.2 Å². The third-order valence-corrected chi connectivity index (χ3v) is 4.90. The van der Waals surface area contributed by atoms with Crippen LogP contribution in [0.25, 0.3) is 0 Å². The molecule has 1 aliphatic heterocycles. The van der Waals surface area contributed by atoms with Crippen molar-refractivity contribution < 1.29 is 4.79 Å². The first kappa shape index (κ1) is 12.5. The summed E-state index contributed by atoms with van der Waals surface area (Å²) >= 11 is 3.23. The Hall–Kier alpha value is -0.950. The highest BCUT2D eigenvalue weighted by molar-refractivity contribution is 8.00. The summed E-state index contributed by atoms with van der Waals surface area (Å²) in [7, 11) is 1.59. The minimum absolute atomic E-state index is 0.183. The number of nitrogens with one attached hydrogen (secondary N) is 2. The second kappa shape index (κ2) is 5.59. The average molecular weight is 272 g/mol. The van der Waals surface area contributed by atoms with Gasteiger partial charge in [0, 0.05) is 18.8 Å². The number of rotatable bonds is 4. The fraction of sp³-hybridized carbons (Fsp3) is 0.600. The highest BCUT2D eigenvalue weighted by atomic mass is 32.2. The van der Waals surface area contributed by atoms with E-state index >= 15 is 0 Å². The maximum absolute atomic E-state index is 11.6. The number of thioether (sulfide) groups is 1. The van der Waals surface area contributed by atoms with Gasteiger partial charge in [-0.3, -0.25) is 4.79 Å². The molecule has 1 unspecified atom stereocenters. The summed E-state index contributed by atoms with van der Waals surface area (Å²) in [6.45, 7) is 0.871. The Bertz CT molecular complexity index is 401. The molecule has 7 heteroatoms. The fourth-order valence-corrected chi connectivity index (χ4v) is 3.70. The predicted molar refractivity (Wildman–Crippen MR) is 73.9 cm³/mol. The van der Waals surface area contributed by atoms with Gasteiger partial charge in [-0.15, -0.1) is 0 Å². The highest BCUT2D eigenvalue weighted by Crippen LogP contribution is 2.30. The van der Waals surface area contributed by atoms with Crippen LogP contribution in [0, 0.1) is 0 Å². The molecule has 0 saturated carbocycles. The second-order valence-corrected chi connectivity index (χ2v) is 6.05. The van der Waals surface area contributed by atoms with Crippen LogP contribution in [-0.2, 0) is 0 Å². The zero-order chi connectivity index (χ0) is 12.3. The zero-order valence-corrected chi connectivity index (χ0v) is 11.3. The molecule has 1 atom stereocenters. The van der Waals surface area contributed by atoms with Gasteiger partial charge in [-0.2, -0.15) is 16.1 Å². The molecule has 1 fully saturated rings. The number of hydrogen-bond donors (Lipinski definition) is 3. The lowest BCUT2D eigenvalue weighted by molar-refractivity contribution is 0.0965. The Morgan fingerprint density at radius 2 is 2.47 bits per heavy atom. The van der Waals surface area contributed by atoms with Crippen LogP contribution in [0.2, 0.25) is 0 Å². The van der Waals surface area contributed by atoms with Gasteiger partial charge in [0.1, 0.15) is 10.6 Å². The van der Waals surface area contributed by atoms with Gasteiger partial charge in [0.2, 0.25) is 0 Å². The van der Waals surface area contributed by atoms with Crippen molar-refractivity contribution in [2.45, 2.75) is 18.1 Å². The third-order valence-electron chi connectivity index (χ3n) is 2.69. The molecule has 0 bridgehead atoms. The number of nitrogens with zero attached hydrogens (tertiary/aromatic N) is 1. The standard InChI is InChI=1S/C10H16N4OS2/c1-12-9(15)7-8(11)14-17-10(7)13-5-6-3-2-4-16-6/h6,13H,2-5H2,1H3,(H2,11,14)(H,12,15). The minimum Gasteiger partial charge on any atom is -0.382 e. The van der Waals surface area contributed by atoms with Crippen molar-refractivity contribution >= 4 is 40.0 Å². The molecule has 5 nitrogen and oxygen atoms in total. The van der Waals surface area contributed by atoms with Crippen LogP contribution in [0.5, 0.6) is 0 Å². The molecule has 0 radical (unpaired) electrons. The van der Waals surface area contributed by atoms with Crippen LogP contribution in [0.3, 0.4) is 0 Å². The van der Waals surface area contributed by atoms with Gasteiger partial charge in [-0.25, -0.2) is 0 Å². The molecule has 17 heavy (non-hydrogen) atoms. The number of aromatic nitrogens is 1. The van der Waals surface area contributed by atoms with E-state index in [9.17, 15) is 4.79 Å². The van der Waals surface area contributed by atoms with E-state index in [1.165, 1.54) is 30.1 Å². The summed E-state index contributed by atoms with van der Waals surface area (Å²) in [4.78, 5) is 11.6. The van der Waals surface area contributed by atoms with Gasteiger partial charge in [0.15, 0.2) is 5.82 Å². The Kier molecular flexibility index (Phi) is 4.11. The largest absolute Gasteiger partial charge is 0.382 e. The van der Waals surface area contributed by atoms with E-state index in [1.54, 1.807) is 7.05 Å². The summed E-state index contributed by atoms with van der Waals surface area (Å²) in [6.07, 6.45) is 2.52. The quantitative estimate of drug-likeness (QED) is 0.772. The number of amides is 1. The summed E-state index contributed by atoms with van der Waals surface area (Å²) in [5.41, 5.74) is 6.17. The van der Waals surface area contributed by atoms with E-state index in [0.29, 0.717) is 16.6 Å². The monoisotopic (exact) mass is 272 g/mol. The Labute approximate surface area is 109 Å². The number of nitrogen functional groups attached to an aromatic ring is 1. The predicted octanol–water partition coefficient (Wildman–Crippen LogP) is 1.39. The number of carbonyl (C=O) groups excluding carboxylic acids is 1. The first-order valence-electron chi connectivity index (χ1n) is 5.55. The van der Waals surface area contributed by atoms with Crippen LogP contribution >= 0.6 is 23.3 Å². The first-order chi connectivity index (χ1) is 8.22. The topological polar surface area (TPSA) is 80.0 Å². The highest BCUT2D eigenvalue weighted by Gasteiger charge is 2.20. The van der Waals surface area contributed by atoms with Crippen molar-refractivity contribution in [3.05, 3.63) is 5.56 Å². The van der Waals surface area contributed by atoms with Crippen molar-refractivity contribution in [1.82, 2.24) is 9.69 Å². The molecule has 4 N–H and O–H groups in total. The van der Waals surface area contributed by atoms with E-state index in [2.05, 4.69) is 15.0 Å². The summed E-state index contributed by atoms with van der Waals surface area (Å²) < 4.78 is 4.02. The lowest BCUT2D eigenvalue weighted by atomic mass is 10.2. The van der Waals surface area contributed by atoms with E-state index in [0.717, 1.165) is 11.5 Å². The van der Waals surface area contributed by atoms with E-state index in [4.69, 9.17) is 5.73 Å². The van der Waals surface area contributed by atoms with Gasteiger partial charge >= 0.3 is 0 Å². The van der Waals surface area contributed by atoms with Crippen molar-refractivity contribution in [3.8, 4) is 0 Å².